The van der Waals surface area contributed by atoms with E-state index in [2.05, 4.69) is 25.7 Å². The van der Waals surface area contributed by atoms with Gasteiger partial charge in [-0.1, -0.05) is 11.6 Å². The normalized spacial score (nSPS) is 15.9. The lowest BCUT2D eigenvalue weighted by atomic mass is 10.0. The van der Waals surface area contributed by atoms with Gasteiger partial charge >= 0.3 is 0 Å². The summed E-state index contributed by atoms with van der Waals surface area (Å²) in [5.74, 6) is 0.931. The van der Waals surface area contributed by atoms with Crippen LogP contribution < -0.4 is 9.64 Å². The molecule has 0 atom stereocenters. The lowest BCUT2D eigenvalue weighted by molar-refractivity contribution is 0.289. The maximum absolute atomic E-state index is 6.01. The topological polar surface area (TPSA) is 12.5 Å². The quantitative estimate of drug-likeness (QED) is 0.672. The van der Waals surface area contributed by atoms with Gasteiger partial charge in [-0.3, -0.25) is 0 Å². The Morgan fingerprint density at radius 3 is 2.73 bits per heavy atom. The third-order valence-electron chi connectivity index (χ3n) is 2.59. The van der Waals surface area contributed by atoms with E-state index in [-0.39, 0.29) is 5.54 Å². The summed E-state index contributed by atoms with van der Waals surface area (Å²) in [7, 11) is 0. The first-order valence-corrected chi connectivity index (χ1v) is 5.56. The van der Waals surface area contributed by atoms with Crippen molar-refractivity contribution in [2.45, 2.75) is 26.3 Å². The number of rotatable bonds is 0. The van der Waals surface area contributed by atoms with Gasteiger partial charge in [0.25, 0.3) is 0 Å². The second-order valence-electron chi connectivity index (χ2n) is 4.78. The minimum atomic E-state index is 0.100. The predicted octanol–water partition coefficient (Wildman–Crippen LogP) is 3.34. The van der Waals surface area contributed by atoms with Gasteiger partial charge < -0.3 is 9.64 Å². The maximum Gasteiger partial charge on any atom is 0.142 e. The molecule has 1 aliphatic heterocycles. The number of benzene rings is 1. The molecule has 2 nitrogen and oxygen atoms in total. The molecule has 0 amide bonds. The summed E-state index contributed by atoms with van der Waals surface area (Å²) in [5.41, 5.74) is 1.20. The molecule has 0 saturated carbocycles. The van der Waals surface area contributed by atoms with E-state index < -0.39 is 0 Å². The van der Waals surface area contributed by atoms with Crippen molar-refractivity contribution in [3.8, 4) is 5.75 Å². The van der Waals surface area contributed by atoms with Gasteiger partial charge in [-0.25, -0.2) is 0 Å². The van der Waals surface area contributed by atoms with Crippen LogP contribution in [0, 0.1) is 0 Å². The van der Waals surface area contributed by atoms with Crippen molar-refractivity contribution >= 4 is 17.3 Å². The van der Waals surface area contributed by atoms with Crippen LogP contribution in [0.4, 0.5) is 5.69 Å². The number of hydrogen-bond acceptors (Lipinski definition) is 2. The summed E-state index contributed by atoms with van der Waals surface area (Å²) in [6, 6.07) is 5.78. The molecule has 1 heterocycles. The fourth-order valence-corrected chi connectivity index (χ4v) is 2.05. The van der Waals surface area contributed by atoms with E-state index in [0.29, 0.717) is 0 Å². The third kappa shape index (κ3) is 2.05. The second-order valence-corrected chi connectivity index (χ2v) is 5.22. The molecule has 15 heavy (non-hydrogen) atoms. The van der Waals surface area contributed by atoms with Gasteiger partial charge in [-0.05, 0) is 39.0 Å². The van der Waals surface area contributed by atoms with Gasteiger partial charge in [0.15, 0.2) is 0 Å². The highest BCUT2D eigenvalue weighted by atomic mass is 35.5. The highest BCUT2D eigenvalue weighted by molar-refractivity contribution is 6.30. The summed E-state index contributed by atoms with van der Waals surface area (Å²) in [4.78, 5) is 2.33. The number of hydrogen-bond donors (Lipinski definition) is 0. The Kier molecular flexibility index (Phi) is 2.55. The molecule has 82 valence electrons. The van der Waals surface area contributed by atoms with Gasteiger partial charge in [0.05, 0.1) is 12.2 Å². The summed E-state index contributed by atoms with van der Waals surface area (Å²) in [6.45, 7) is 8.25. The van der Waals surface area contributed by atoms with Crippen molar-refractivity contribution in [1.82, 2.24) is 0 Å². The largest absolute Gasteiger partial charge is 0.490 e. The molecule has 0 N–H and O–H groups in total. The van der Waals surface area contributed by atoms with Gasteiger partial charge in [0, 0.05) is 10.6 Å². The summed E-state index contributed by atoms with van der Waals surface area (Å²) >= 11 is 6.01. The monoisotopic (exact) mass is 225 g/mol. The van der Waals surface area contributed by atoms with E-state index in [1.165, 1.54) is 0 Å². The molecule has 0 fully saturated rings. The molecule has 3 heteroatoms. The Morgan fingerprint density at radius 1 is 1.33 bits per heavy atom. The minimum Gasteiger partial charge on any atom is -0.490 e. The van der Waals surface area contributed by atoms with E-state index in [0.717, 1.165) is 29.6 Å². The number of fused-ring (bicyclic) bond motifs is 1. The van der Waals surface area contributed by atoms with Crippen LogP contribution in [0.15, 0.2) is 18.2 Å². The number of ether oxygens (including phenoxy) is 1. The van der Waals surface area contributed by atoms with E-state index in [9.17, 15) is 0 Å². The zero-order valence-electron chi connectivity index (χ0n) is 9.38. The molecule has 1 aromatic rings. The summed E-state index contributed by atoms with van der Waals surface area (Å²) < 4.78 is 5.60. The summed E-state index contributed by atoms with van der Waals surface area (Å²) in [5, 5.41) is 0.758. The van der Waals surface area contributed by atoms with E-state index in [1.807, 2.05) is 18.2 Å². The average molecular weight is 226 g/mol. The van der Waals surface area contributed by atoms with E-state index in [4.69, 9.17) is 16.3 Å². The highest BCUT2D eigenvalue weighted by Crippen LogP contribution is 2.37. The molecule has 1 aromatic carbocycles. The number of anilines is 1. The van der Waals surface area contributed by atoms with Gasteiger partial charge in [0.2, 0.25) is 0 Å². The van der Waals surface area contributed by atoms with Crippen LogP contribution in [0.5, 0.6) is 5.75 Å². The molecule has 0 bridgehead atoms. The molecule has 0 aromatic heterocycles. The van der Waals surface area contributed by atoms with Crippen molar-refractivity contribution in [1.29, 1.82) is 0 Å². The van der Waals surface area contributed by atoms with Crippen LogP contribution in [-0.2, 0) is 0 Å². The van der Waals surface area contributed by atoms with Gasteiger partial charge in [-0.15, -0.1) is 0 Å². The third-order valence-corrected chi connectivity index (χ3v) is 2.83. The van der Waals surface area contributed by atoms with Crippen LogP contribution in [0.3, 0.4) is 0 Å². The van der Waals surface area contributed by atoms with Gasteiger partial charge in [-0.2, -0.15) is 0 Å². The van der Waals surface area contributed by atoms with Crippen LogP contribution >= 0.6 is 11.6 Å². The highest BCUT2D eigenvalue weighted by Gasteiger charge is 2.27. The van der Waals surface area contributed by atoms with E-state index in [1.54, 1.807) is 0 Å². The first-order chi connectivity index (χ1) is 6.98. The average Bonchev–Trinajstić information content (AvgIpc) is 2.15. The molecule has 0 saturated heterocycles. The Bertz CT molecular complexity index is 370. The Labute approximate surface area is 95.8 Å². The second kappa shape index (κ2) is 3.60. The van der Waals surface area contributed by atoms with Crippen LogP contribution in [0.25, 0.3) is 0 Å². The summed E-state index contributed by atoms with van der Waals surface area (Å²) in [6.07, 6.45) is 0. The first kappa shape index (κ1) is 10.6. The molecule has 0 spiro atoms. The lowest BCUT2D eigenvalue weighted by Crippen LogP contribution is -2.46. The van der Waals surface area contributed by atoms with Crippen LogP contribution in [0.2, 0.25) is 5.02 Å². The number of halogens is 1. The molecular weight excluding hydrogens is 210 g/mol. The van der Waals surface area contributed by atoms with Crippen molar-refractivity contribution in [3.05, 3.63) is 23.2 Å². The standard InChI is InChI=1S/C12H16ClNO/c1-12(2,3)14-6-7-15-11-5-4-9(13)8-10(11)14/h4-5,8H,6-7H2,1-3H3. The predicted molar refractivity (Wildman–Crippen MR) is 64.0 cm³/mol. The van der Waals surface area contributed by atoms with Crippen LogP contribution in [-0.4, -0.2) is 18.7 Å². The van der Waals surface area contributed by atoms with E-state index >= 15 is 0 Å². The first-order valence-electron chi connectivity index (χ1n) is 5.18. The fraction of sp³-hybridized carbons (Fsp3) is 0.500. The molecule has 1 aliphatic rings. The van der Waals surface area contributed by atoms with Crippen molar-refractivity contribution < 1.29 is 4.74 Å². The Morgan fingerprint density at radius 2 is 2.07 bits per heavy atom. The zero-order chi connectivity index (χ0) is 11.1. The molecular formula is C12H16ClNO. The smallest absolute Gasteiger partial charge is 0.142 e. The van der Waals surface area contributed by atoms with Gasteiger partial charge in [0.1, 0.15) is 12.4 Å². The SMILES string of the molecule is CC(C)(C)N1CCOc2ccc(Cl)cc21. The lowest BCUT2D eigenvalue weighted by Gasteiger charge is -2.41. The minimum absolute atomic E-state index is 0.100. The maximum atomic E-state index is 6.01. The van der Waals surface area contributed by atoms with Crippen LogP contribution in [0.1, 0.15) is 20.8 Å². The fourth-order valence-electron chi connectivity index (χ4n) is 1.89. The molecule has 0 unspecified atom stereocenters. The van der Waals surface area contributed by atoms with Crippen molar-refractivity contribution in [2.75, 3.05) is 18.1 Å². The molecule has 0 aliphatic carbocycles. The molecule has 0 radical (unpaired) electrons. The van der Waals surface area contributed by atoms with Crippen molar-refractivity contribution in [3.63, 3.8) is 0 Å². The molecule has 2 rings (SSSR count). The Balaban J connectivity index is 2.45. The zero-order valence-corrected chi connectivity index (χ0v) is 10.1. The van der Waals surface area contributed by atoms with Crippen molar-refractivity contribution in [2.24, 2.45) is 0 Å². The Hall–Kier alpha value is -0.890. The number of nitrogens with zero attached hydrogens (tertiary/aromatic N) is 1.